The summed E-state index contributed by atoms with van der Waals surface area (Å²) in [6.07, 6.45) is 1.51. The highest BCUT2D eigenvalue weighted by Gasteiger charge is 2.16. The van der Waals surface area contributed by atoms with Crippen molar-refractivity contribution in [2.24, 2.45) is 7.05 Å². The first-order valence-corrected chi connectivity index (χ1v) is 7.02. The standard InChI is InChI=1S/C8H11N5O2S2/c1-13-5-10-12-7(13)3-11-17(14,15)8-2-6(9)4-16-8/h2,4-5,11H,3,9H2,1H3. The van der Waals surface area contributed by atoms with E-state index in [4.69, 9.17) is 5.73 Å². The van der Waals surface area contributed by atoms with Gasteiger partial charge in [-0.25, -0.2) is 13.1 Å². The molecule has 0 aliphatic rings. The molecular formula is C8H11N5O2S2. The number of thiophene rings is 1. The van der Waals surface area contributed by atoms with Crippen LogP contribution < -0.4 is 10.5 Å². The molecule has 17 heavy (non-hydrogen) atoms. The molecule has 3 N–H and O–H groups in total. The van der Waals surface area contributed by atoms with E-state index in [1.54, 1.807) is 17.0 Å². The molecule has 2 rings (SSSR count). The number of nitrogens with one attached hydrogen (secondary N) is 1. The maximum Gasteiger partial charge on any atom is 0.250 e. The molecule has 0 spiro atoms. The molecule has 7 nitrogen and oxygen atoms in total. The van der Waals surface area contributed by atoms with Gasteiger partial charge in [-0.3, -0.25) is 0 Å². The molecule has 2 heterocycles. The maximum absolute atomic E-state index is 11.8. The molecule has 0 amide bonds. The van der Waals surface area contributed by atoms with Gasteiger partial charge in [-0.2, -0.15) is 0 Å². The molecule has 0 saturated heterocycles. The molecular weight excluding hydrogens is 262 g/mol. The fourth-order valence-corrected chi connectivity index (χ4v) is 3.27. The Bertz CT molecular complexity index is 615. The summed E-state index contributed by atoms with van der Waals surface area (Å²) >= 11 is 1.08. The Morgan fingerprint density at radius 1 is 1.59 bits per heavy atom. The van der Waals surface area contributed by atoms with Crippen LogP contribution in [0.4, 0.5) is 5.69 Å². The third-order valence-electron chi connectivity index (χ3n) is 2.09. The predicted molar refractivity (Wildman–Crippen MR) is 63.8 cm³/mol. The molecule has 0 radical (unpaired) electrons. The summed E-state index contributed by atoms with van der Waals surface area (Å²) in [7, 11) is -1.78. The van der Waals surface area contributed by atoms with Gasteiger partial charge in [0.15, 0.2) is 0 Å². The minimum atomic E-state index is -3.52. The molecule has 0 unspecified atom stereocenters. The van der Waals surface area contributed by atoms with Crippen LogP contribution in [0.2, 0.25) is 0 Å². The predicted octanol–water partition coefficient (Wildman–Crippen LogP) is -0.0627. The van der Waals surface area contributed by atoms with E-state index in [9.17, 15) is 8.42 Å². The lowest BCUT2D eigenvalue weighted by Crippen LogP contribution is -2.24. The van der Waals surface area contributed by atoms with Gasteiger partial charge in [0.1, 0.15) is 16.4 Å². The van der Waals surface area contributed by atoms with E-state index in [0.29, 0.717) is 11.5 Å². The van der Waals surface area contributed by atoms with E-state index in [0.717, 1.165) is 11.3 Å². The van der Waals surface area contributed by atoms with Gasteiger partial charge in [0.25, 0.3) is 10.0 Å². The monoisotopic (exact) mass is 273 g/mol. The molecule has 9 heteroatoms. The zero-order chi connectivity index (χ0) is 12.5. The highest BCUT2D eigenvalue weighted by molar-refractivity contribution is 7.91. The Morgan fingerprint density at radius 2 is 2.35 bits per heavy atom. The molecule has 0 aliphatic carbocycles. The van der Waals surface area contributed by atoms with Crippen LogP contribution in [0.25, 0.3) is 0 Å². The summed E-state index contributed by atoms with van der Waals surface area (Å²) < 4.78 is 27.9. The number of sulfonamides is 1. The lowest BCUT2D eigenvalue weighted by Gasteiger charge is -2.03. The molecule has 0 aliphatic heterocycles. The SMILES string of the molecule is Cn1cnnc1CNS(=O)(=O)c1cc(N)cs1. The number of nitrogens with zero attached hydrogens (tertiary/aromatic N) is 3. The zero-order valence-electron chi connectivity index (χ0n) is 8.99. The lowest BCUT2D eigenvalue weighted by molar-refractivity contribution is 0.579. The number of nitrogen functional groups attached to an aromatic ring is 1. The molecule has 2 aromatic heterocycles. The Labute approximate surface area is 102 Å². The number of hydrogen-bond donors (Lipinski definition) is 2. The van der Waals surface area contributed by atoms with E-state index in [1.165, 1.54) is 12.4 Å². The van der Waals surface area contributed by atoms with Crippen molar-refractivity contribution >= 4 is 27.0 Å². The molecule has 0 saturated carbocycles. The minimum absolute atomic E-state index is 0.0939. The van der Waals surface area contributed by atoms with E-state index in [-0.39, 0.29) is 10.8 Å². The number of rotatable bonds is 4. The topological polar surface area (TPSA) is 103 Å². The van der Waals surface area contributed by atoms with Gasteiger partial charge in [-0.1, -0.05) is 0 Å². The van der Waals surface area contributed by atoms with Crippen LogP contribution in [0.1, 0.15) is 5.82 Å². The van der Waals surface area contributed by atoms with Crippen LogP contribution in [-0.2, 0) is 23.6 Å². The van der Waals surface area contributed by atoms with Crippen LogP contribution in [0, 0.1) is 0 Å². The van der Waals surface area contributed by atoms with Crippen molar-refractivity contribution < 1.29 is 8.42 Å². The van der Waals surface area contributed by atoms with Crippen molar-refractivity contribution in [3.63, 3.8) is 0 Å². The van der Waals surface area contributed by atoms with Crippen molar-refractivity contribution in [3.8, 4) is 0 Å². The Morgan fingerprint density at radius 3 is 2.88 bits per heavy atom. The Kier molecular flexibility index (Phi) is 3.13. The maximum atomic E-state index is 11.8. The van der Waals surface area contributed by atoms with Crippen molar-refractivity contribution in [2.75, 3.05) is 5.73 Å². The summed E-state index contributed by atoms with van der Waals surface area (Å²) in [5.41, 5.74) is 5.92. The number of hydrogen-bond acceptors (Lipinski definition) is 6. The van der Waals surface area contributed by atoms with Crippen LogP contribution in [0.5, 0.6) is 0 Å². The molecule has 0 atom stereocenters. The first-order chi connectivity index (χ1) is 7.99. The third kappa shape index (κ3) is 2.62. The summed E-state index contributed by atoms with van der Waals surface area (Å²) in [4.78, 5) is 0. The minimum Gasteiger partial charge on any atom is -0.398 e. The number of aromatic nitrogens is 3. The van der Waals surface area contributed by atoms with Gasteiger partial charge >= 0.3 is 0 Å². The summed E-state index contributed by atoms with van der Waals surface area (Å²) in [5.74, 6) is 0.540. The van der Waals surface area contributed by atoms with Gasteiger partial charge < -0.3 is 10.3 Å². The first kappa shape index (κ1) is 12.0. The van der Waals surface area contributed by atoms with E-state index in [2.05, 4.69) is 14.9 Å². The molecule has 2 aromatic rings. The van der Waals surface area contributed by atoms with Crippen molar-refractivity contribution in [1.82, 2.24) is 19.5 Å². The van der Waals surface area contributed by atoms with Gasteiger partial charge in [-0.05, 0) is 6.07 Å². The fraction of sp³-hybridized carbons (Fsp3) is 0.250. The zero-order valence-corrected chi connectivity index (χ0v) is 10.6. The van der Waals surface area contributed by atoms with Gasteiger partial charge in [-0.15, -0.1) is 21.5 Å². The van der Waals surface area contributed by atoms with Gasteiger partial charge in [0.2, 0.25) is 0 Å². The summed E-state index contributed by atoms with van der Waals surface area (Å²) in [6.45, 7) is 0.0939. The van der Waals surface area contributed by atoms with Gasteiger partial charge in [0.05, 0.1) is 6.54 Å². The third-order valence-corrected chi connectivity index (χ3v) is 4.95. The average Bonchev–Trinajstić information content (AvgIpc) is 2.85. The first-order valence-electron chi connectivity index (χ1n) is 4.65. The molecule has 0 bridgehead atoms. The molecule has 0 fully saturated rings. The number of aryl methyl sites for hydroxylation is 1. The highest BCUT2D eigenvalue weighted by Crippen LogP contribution is 2.21. The Balaban J connectivity index is 2.11. The van der Waals surface area contributed by atoms with Crippen LogP contribution in [-0.4, -0.2) is 23.2 Å². The van der Waals surface area contributed by atoms with E-state index in [1.807, 2.05) is 0 Å². The summed E-state index contributed by atoms with van der Waals surface area (Å²) in [6, 6.07) is 1.42. The van der Waals surface area contributed by atoms with Crippen molar-refractivity contribution in [1.29, 1.82) is 0 Å². The van der Waals surface area contributed by atoms with E-state index >= 15 is 0 Å². The number of anilines is 1. The molecule has 0 aromatic carbocycles. The van der Waals surface area contributed by atoms with E-state index < -0.39 is 10.0 Å². The molecule has 92 valence electrons. The van der Waals surface area contributed by atoms with Crippen LogP contribution in [0.15, 0.2) is 22.0 Å². The number of nitrogens with two attached hydrogens (primary N) is 1. The lowest BCUT2D eigenvalue weighted by atomic mass is 10.6. The van der Waals surface area contributed by atoms with Crippen molar-refractivity contribution in [2.45, 2.75) is 10.8 Å². The average molecular weight is 273 g/mol. The Hall–Kier alpha value is -1.45. The van der Waals surface area contributed by atoms with Crippen molar-refractivity contribution in [3.05, 3.63) is 23.6 Å². The van der Waals surface area contributed by atoms with Crippen LogP contribution >= 0.6 is 11.3 Å². The largest absolute Gasteiger partial charge is 0.398 e. The fourth-order valence-electron chi connectivity index (χ4n) is 1.17. The second-order valence-electron chi connectivity index (χ2n) is 3.38. The normalized spacial score (nSPS) is 11.8. The quantitative estimate of drug-likeness (QED) is 0.812. The van der Waals surface area contributed by atoms with Gasteiger partial charge in [0, 0.05) is 18.1 Å². The second-order valence-corrected chi connectivity index (χ2v) is 6.29. The highest BCUT2D eigenvalue weighted by atomic mass is 32.2. The summed E-state index contributed by atoms with van der Waals surface area (Å²) in [5, 5.41) is 9.02. The smallest absolute Gasteiger partial charge is 0.250 e. The van der Waals surface area contributed by atoms with Crippen LogP contribution in [0.3, 0.4) is 0 Å². The second kappa shape index (κ2) is 4.43.